The highest BCUT2D eigenvalue weighted by Gasteiger charge is 2.57. The van der Waals surface area contributed by atoms with Crippen LogP contribution in [0.25, 0.3) is 0 Å². The average molecular weight is 337 g/mol. The van der Waals surface area contributed by atoms with Gasteiger partial charge in [-0.15, -0.1) is 0 Å². The highest BCUT2D eigenvalue weighted by atomic mass is 35.5. The quantitative estimate of drug-likeness (QED) is 0.422. The zero-order valence-electron chi connectivity index (χ0n) is 13.4. The van der Waals surface area contributed by atoms with Crippen molar-refractivity contribution in [2.24, 2.45) is 16.6 Å². The van der Waals surface area contributed by atoms with Crippen molar-refractivity contribution < 1.29 is 9.53 Å². The van der Waals surface area contributed by atoms with Gasteiger partial charge in [0.15, 0.2) is 0 Å². The first-order chi connectivity index (χ1) is 10.6. The van der Waals surface area contributed by atoms with Gasteiger partial charge in [0.1, 0.15) is 11.0 Å². The second-order valence-corrected chi connectivity index (χ2v) is 7.01. The van der Waals surface area contributed by atoms with Crippen LogP contribution in [0, 0.1) is 16.2 Å². The number of primary amides is 1. The highest BCUT2D eigenvalue weighted by Crippen LogP contribution is 2.63. The molecule has 1 aromatic rings. The zero-order valence-corrected chi connectivity index (χ0v) is 14.2. The standard InChI is InChI=1S/C16H21ClN4O2/c1-15(2)8-16(15,3)9-23-11(18)6-7-20-12-5-4-10(14(19)22)13(17)21-12/h4-7,18H,8-9H2,1-3H3,(H2,19,22)(H,20,21)/b7-6-,18-11?. The predicted octanol–water partition coefficient (Wildman–Crippen LogP) is 3.19. The molecule has 1 saturated carbocycles. The van der Waals surface area contributed by atoms with E-state index < -0.39 is 5.91 Å². The summed E-state index contributed by atoms with van der Waals surface area (Å²) in [4.78, 5) is 15.1. The number of hydrogen-bond donors (Lipinski definition) is 3. The van der Waals surface area contributed by atoms with Crippen molar-refractivity contribution in [3.05, 3.63) is 35.1 Å². The molecular weight excluding hydrogens is 316 g/mol. The molecule has 0 spiro atoms. The van der Waals surface area contributed by atoms with Crippen LogP contribution in [0.4, 0.5) is 5.82 Å². The van der Waals surface area contributed by atoms with E-state index in [9.17, 15) is 4.79 Å². The second kappa shape index (κ2) is 6.20. The molecule has 1 fully saturated rings. The van der Waals surface area contributed by atoms with Gasteiger partial charge in [0.05, 0.1) is 12.2 Å². The number of hydrogen-bond acceptors (Lipinski definition) is 5. The fraction of sp³-hybridized carbons (Fsp3) is 0.438. The third kappa shape index (κ3) is 4.01. The van der Waals surface area contributed by atoms with Crippen molar-refractivity contribution in [1.29, 1.82) is 5.41 Å². The van der Waals surface area contributed by atoms with E-state index in [0.717, 1.165) is 6.42 Å². The van der Waals surface area contributed by atoms with Gasteiger partial charge < -0.3 is 15.8 Å². The van der Waals surface area contributed by atoms with E-state index in [1.165, 1.54) is 18.3 Å². The van der Waals surface area contributed by atoms with Gasteiger partial charge in [-0.2, -0.15) is 0 Å². The minimum Gasteiger partial charge on any atom is -0.477 e. The minimum absolute atomic E-state index is 0.0334. The Morgan fingerprint density at radius 3 is 2.70 bits per heavy atom. The smallest absolute Gasteiger partial charge is 0.251 e. The normalized spacial score (nSPS) is 21.9. The molecule has 1 aliphatic carbocycles. The van der Waals surface area contributed by atoms with Crippen molar-refractivity contribution in [2.45, 2.75) is 27.2 Å². The molecule has 1 aliphatic rings. The molecule has 0 radical (unpaired) electrons. The van der Waals surface area contributed by atoms with Gasteiger partial charge in [-0.1, -0.05) is 32.4 Å². The largest absolute Gasteiger partial charge is 0.477 e. The topological polar surface area (TPSA) is 101 Å². The van der Waals surface area contributed by atoms with Crippen LogP contribution in [0.5, 0.6) is 0 Å². The summed E-state index contributed by atoms with van der Waals surface area (Å²) in [5.74, 6) is -0.114. The Kier molecular flexibility index (Phi) is 4.66. The number of nitrogens with zero attached hydrogens (tertiary/aromatic N) is 1. The predicted molar refractivity (Wildman–Crippen MR) is 90.7 cm³/mol. The molecule has 23 heavy (non-hydrogen) atoms. The highest BCUT2D eigenvalue weighted by molar-refractivity contribution is 6.32. The summed E-state index contributed by atoms with van der Waals surface area (Å²) in [6, 6.07) is 3.07. The molecule has 124 valence electrons. The van der Waals surface area contributed by atoms with Crippen LogP contribution in [-0.4, -0.2) is 23.4 Å². The van der Waals surface area contributed by atoms with Crippen molar-refractivity contribution >= 4 is 29.2 Å². The number of rotatable bonds is 6. The fourth-order valence-corrected chi connectivity index (χ4v) is 2.61. The second-order valence-electron chi connectivity index (χ2n) is 6.65. The van der Waals surface area contributed by atoms with E-state index in [4.69, 9.17) is 27.5 Å². The molecule has 1 aromatic heterocycles. The fourth-order valence-electron chi connectivity index (χ4n) is 2.36. The molecule has 0 aromatic carbocycles. The van der Waals surface area contributed by atoms with Crippen molar-refractivity contribution in [1.82, 2.24) is 4.98 Å². The first-order valence-corrected chi connectivity index (χ1v) is 7.63. The Bertz CT molecular complexity index is 672. The van der Waals surface area contributed by atoms with Gasteiger partial charge in [0, 0.05) is 17.7 Å². The molecule has 4 N–H and O–H groups in total. The Morgan fingerprint density at radius 1 is 1.52 bits per heavy atom. The number of amides is 1. The van der Waals surface area contributed by atoms with Crippen LogP contribution < -0.4 is 11.1 Å². The van der Waals surface area contributed by atoms with Crippen molar-refractivity contribution in [3.8, 4) is 0 Å². The monoisotopic (exact) mass is 336 g/mol. The number of pyridine rings is 1. The summed E-state index contributed by atoms with van der Waals surface area (Å²) in [6.07, 6.45) is 4.13. The summed E-state index contributed by atoms with van der Waals surface area (Å²) < 4.78 is 5.47. The van der Waals surface area contributed by atoms with Gasteiger partial charge in [-0.25, -0.2) is 4.98 Å². The third-order valence-corrected chi connectivity index (χ3v) is 4.76. The minimum atomic E-state index is -0.628. The van der Waals surface area contributed by atoms with Gasteiger partial charge in [0.2, 0.25) is 5.90 Å². The maximum absolute atomic E-state index is 11.1. The summed E-state index contributed by atoms with van der Waals surface area (Å²) in [5, 5.41) is 10.7. The summed E-state index contributed by atoms with van der Waals surface area (Å²) >= 11 is 5.86. The first kappa shape index (κ1) is 17.3. The molecule has 6 nitrogen and oxygen atoms in total. The van der Waals surface area contributed by atoms with Crippen LogP contribution in [0.2, 0.25) is 5.15 Å². The van der Waals surface area contributed by atoms with E-state index in [-0.39, 0.29) is 27.4 Å². The Labute approximate surface area is 140 Å². The van der Waals surface area contributed by atoms with Gasteiger partial charge in [-0.05, 0) is 24.0 Å². The molecule has 0 saturated heterocycles. The summed E-state index contributed by atoms with van der Waals surface area (Å²) in [6.45, 7) is 7.08. The van der Waals surface area contributed by atoms with Crippen LogP contribution in [0.3, 0.4) is 0 Å². The molecular formula is C16H21ClN4O2. The van der Waals surface area contributed by atoms with Crippen LogP contribution in [0.1, 0.15) is 37.6 Å². The number of halogens is 1. The number of anilines is 1. The molecule has 2 rings (SSSR count). The zero-order chi connectivity index (χ0) is 17.3. The molecule has 7 heteroatoms. The number of carbonyl (C=O) groups is 1. The molecule has 1 heterocycles. The molecule has 1 unspecified atom stereocenters. The SMILES string of the molecule is CC1(C)CC1(C)COC(=N)/C=C\Nc1ccc(C(N)=O)c(Cl)n1. The summed E-state index contributed by atoms with van der Waals surface area (Å²) in [5.41, 5.74) is 5.73. The number of ether oxygens (including phenoxy) is 1. The number of nitrogens with two attached hydrogens (primary N) is 1. The van der Waals surface area contributed by atoms with Crippen molar-refractivity contribution in [2.75, 3.05) is 11.9 Å². The lowest BCUT2D eigenvalue weighted by atomic mass is 9.99. The van der Waals surface area contributed by atoms with Crippen LogP contribution >= 0.6 is 11.6 Å². The Morgan fingerprint density at radius 2 is 2.17 bits per heavy atom. The average Bonchev–Trinajstić information content (AvgIpc) is 2.95. The van der Waals surface area contributed by atoms with E-state index in [2.05, 4.69) is 31.1 Å². The Balaban J connectivity index is 1.83. The van der Waals surface area contributed by atoms with Gasteiger partial charge in [-0.3, -0.25) is 10.2 Å². The molecule has 1 amide bonds. The number of aromatic nitrogens is 1. The third-order valence-electron chi connectivity index (χ3n) is 4.47. The maximum atomic E-state index is 11.1. The lowest BCUT2D eigenvalue weighted by molar-refractivity contribution is 0.1000. The molecule has 0 bridgehead atoms. The number of nitrogens with one attached hydrogen (secondary N) is 2. The van der Waals surface area contributed by atoms with E-state index in [1.54, 1.807) is 6.07 Å². The van der Waals surface area contributed by atoms with Gasteiger partial charge >= 0.3 is 0 Å². The number of carbonyl (C=O) groups excluding carboxylic acids is 1. The van der Waals surface area contributed by atoms with E-state index >= 15 is 0 Å². The van der Waals surface area contributed by atoms with Crippen LogP contribution in [-0.2, 0) is 4.74 Å². The van der Waals surface area contributed by atoms with Crippen LogP contribution in [0.15, 0.2) is 24.4 Å². The first-order valence-electron chi connectivity index (χ1n) is 7.25. The lowest BCUT2D eigenvalue weighted by Crippen LogP contribution is -2.15. The Hall–Kier alpha value is -2.08. The van der Waals surface area contributed by atoms with E-state index in [0.29, 0.717) is 12.4 Å². The van der Waals surface area contributed by atoms with E-state index in [1.807, 2.05) is 0 Å². The maximum Gasteiger partial charge on any atom is 0.251 e. The molecule has 0 aliphatic heterocycles. The molecule has 1 atom stereocenters. The summed E-state index contributed by atoms with van der Waals surface area (Å²) in [7, 11) is 0. The lowest BCUT2D eigenvalue weighted by Gasteiger charge is -2.15. The van der Waals surface area contributed by atoms with Crippen molar-refractivity contribution in [3.63, 3.8) is 0 Å². The van der Waals surface area contributed by atoms with Gasteiger partial charge in [0.25, 0.3) is 5.91 Å².